The summed E-state index contributed by atoms with van der Waals surface area (Å²) in [7, 11) is 0. The highest BCUT2D eigenvalue weighted by Crippen LogP contribution is 2.33. The fraction of sp³-hybridized carbons (Fsp3) is 0.167. The van der Waals surface area contributed by atoms with Gasteiger partial charge in [-0.15, -0.1) is 0 Å². The Morgan fingerprint density at radius 2 is 1.83 bits per heavy atom. The molecule has 4 rings (SSSR count). The Morgan fingerprint density at radius 1 is 1.13 bits per heavy atom. The highest BCUT2D eigenvalue weighted by Gasteiger charge is 2.20. The zero-order chi connectivity index (χ0) is 16.1. The van der Waals surface area contributed by atoms with E-state index in [0.29, 0.717) is 0 Å². The molecule has 23 heavy (non-hydrogen) atoms. The first-order chi connectivity index (χ1) is 11.1. The van der Waals surface area contributed by atoms with Gasteiger partial charge in [-0.2, -0.15) is 0 Å². The number of hydrogen-bond acceptors (Lipinski definition) is 3. The second-order valence-corrected chi connectivity index (χ2v) is 6.62. The van der Waals surface area contributed by atoms with E-state index in [1.807, 2.05) is 54.0 Å². The highest BCUT2D eigenvalue weighted by molar-refractivity contribution is 9.10. The molecule has 114 valence electrons. The van der Waals surface area contributed by atoms with E-state index in [4.69, 9.17) is 9.97 Å². The van der Waals surface area contributed by atoms with E-state index in [9.17, 15) is 4.79 Å². The Bertz CT molecular complexity index is 1080. The van der Waals surface area contributed by atoms with Crippen molar-refractivity contribution in [3.8, 4) is 0 Å². The molecule has 0 bridgehead atoms. The molecule has 0 radical (unpaired) electrons. The van der Waals surface area contributed by atoms with Gasteiger partial charge >= 0.3 is 0 Å². The van der Waals surface area contributed by atoms with Crippen molar-refractivity contribution >= 4 is 54.8 Å². The molecule has 4 aromatic rings. The summed E-state index contributed by atoms with van der Waals surface area (Å²) in [5.41, 5.74) is 4.24. The summed E-state index contributed by atoms with van der Waals surface area (Å²) in [6.45, 7) is 3.51. The number of halogens is 1. The number of hydrogen-bond donors (Lipinski definition) is 0. The Labute approximate surface area is 141 Å². The summed E-state index contributed by atoms with van der Waals surface area (Å²) in [4.78, 5) is 21.6. The van der Waals surface area contributed by atoms with Crippen LogP contribution in [0.1, 0.15) is 19.9 Å². The van der Waals surface area contributed by atoms with Gasteiger partial charge in [0.25, 0.3) is 0 Å². The summed E-state index contributed by atoms with van der Waals surface area (Å²) in [6.07, 6.45) is 0. The summed E-state index contributed by atoms with van der Waals surface area (Å²) >= 11 is 3.52. The quantitative estimate of drug-likeness (QED) is 0.518. The van der Waals surface area contributed by atoms with Crippen molar-refractivity contribution < 1.29 is 4.79 Å². The first-order valence-electron chi connectivity index (χ1n) is 7.42. The molecule has 5 heteroatoms. The first-order valence-corrected chi connectivity index (χ1v) is 8.22. The van der Waals surface area contributed by atoms with E-state index >= 15 is 0 Å². The van der Waals surface area contributed by atoms with Gasteiger partial charge in [-0.1, -0.05) is 28.1 Å². The van der Waals surface area contributed by atoms with Crippen molar-refractivity contribution in [1.82, 2.24) is 14.5 Å². The number of carbonyl (C=O) groups excluding carboxylic acids is 1. The van der Waals surface area contributed by atoms with Crippen LogP contribution in [0.5, 0.6) is 0 Å². The molecule has 2 heterocycles. The Morgan fingerprint density at radius 3 is 2.52 bits per heavy atom. The van der Waals surface area contributed by atoms with Crippen molar-refractivity contribution in [2.75, 3.05) is 0 Å². The molecule has 0 aliphatic carbocycles. The van der Waals surface area contributed by atoms with Crippen molar-refractivity contribution in [3.63, 3.8) is 0 Å². The van der Waals surface area contributed by atoms with Crippen LogP contribution < -0.4 is 0 Å². The van der Waals surface area contributed by atoms with E-state index in [2.05, 4.69) is 15.9 Å². The van der Waals surface area contributed by atoms with Crippen molar-refractivity contribution in [1.29, 1.82) is 0 Å². The van der Waals surface area contributed by atoms with Crippen molar-refractivity contribution in [3.05, 3.63) is 46.9 Å². The Hall–Kier alpha value is -2.27. The summed E-state index contributed by atoms with van der Waals surface area (Å²) in [5.74, 6) is 0.0988. The predicted molar refractivity (Wildman–Crippen MR) is 95.6 cm³/mol. The molecule has 0 aliphatic rings. The fourth-order valence-electron chi connectivity index (χ4n) is 2.94. The molecule has 1 atom stereocenters. The number of aromatic nitrogens is 3. The van der Waals surface area contributed by atoms with E-state index < -0.39 is 0 Å². The largest absolute Gasteiger partial charge is 0.314 e. The fourth-order valence-corrected chi connectivity index (χ4v) is 3.30. The lowest BCUT2D eigenvalue weighted by molar-refractivity contribution is -0.119. The van der Waals surface area contributed by atoms with Crippen LogP contribution in [-0.2, 0) is 4.79 Å². The second-order valence-electron chi connectivity index (χ2n) is 5.70. The lowest BCUT2D eigenvalue weighted by atomic mass is 10.2. The molecule has 0 saturated carbocycles. The van der Waals surface area contributed by atoms with E-state index in [1.54, 1.807) is 6.92 Å². The number of fused-ring (bicyclic) bond motifs is 4. The lowest BCUT2D eigenvalue weighted by Gasteiger charge is -2.12. The van der Waals surface area contributed by atoms with E-state index in [0.717, 1.165) is 37.6 Å². The number of nitrogens with zero attached hydrogens (tertiary/aromatic N) is 3. The van der Waals surface area contributed by atoms with Gasteiger partial charge in [0.2, 0.25) is 0 Å². The maximum Gasteiger partial charge on any atom is 0.161 e. The van der Waals surface area contributed by atoms with Gasteiger partial charge in [0, 0.05) is 9.86 Å². The van der Waals surface area contributed by atoms with Gasteiger partial charge < -0.3 is 4.57 Å². The molecule has 0 fully saturated rings. The minimum absolute atomic E-state index is 0.0988. The minimum Gasteiger partial charge on any atom is -0.314 e. The Kier molecular flexibility index (Phi) is 3.20. The van der Waals surface area contributed by atoms with Gasteiger partial charge in [0.1, 0.15) is 5.52 Å². The lowest BCUT2D eigenvalue weighted by Crippen LogP contribution is -2.13. The molecular formula is C18H14BrN3O. The highest BCUT2D eigenvalue weighted by atomic mass is 79.9. The van der Waals surface area contributed by atoms with Crippen LogP contribution in [0.3, 0.4) is 0 Å². The van der Waals surface area contributed by atoms with Gasteiger partial charge in [-0.25, -0.2) is 9.97 Å². The number of Topliss-reactive ketones (excluding diaryl/α,β-unsaturated/α-hetero) is 1. The van der Waals surface area contributed by atoms with E-state index in [1.165, 1.54) is 0 Å². The molecule has 0 aliphatic heterocycles. The number of para-hydroxylation sites is 2. The monoisotopic (exact) mass is 367 g/mol. The molecule has 0 saturated heterocycles. The normalized spacial score (nSPS) is 13.0. The number of carbonyl (C=O) groups is 1. The molecule has 0 spiro atoms. The first kappa shape index (κ1) is 14.3. The van der Waals surface area contributed by atoms with Crippen LogP contribution in [0.25, 0.3) is 33.1 Å². The van der Waals surface area contributed by atoms with Gasteiger partial charge in [-0.3, -0.25) is 4.79 Å². The Balaban J connectivity index is 2.23. The molecular weight excluding hydrogens is 354 g/mol. The maximum atomic E-state index is 12.0. The van der Waals surface area contributed by atoms with Crippen molar-refractivity contribution in [2.24, 2.45) is 0 Å². The molecule has 0 N–H and O–H groups in total. The smallest absolute Gasteiger partial charge is 0.161 e. The zero-order valence-electron chi connectivity index (χ0n) is 12.7. The van der Waals surface area contributed by atoms with Crippen LogP contribution in [0.15, 0.2) is 46.9 Å². The summed E-state index contributed by atoms with van der Waals surface area (Å²) in [6, 6.07) is 13.5. The van der Waals surface area contributed by atoms with Crippen molar-refractivity contribution in [2.45, 2.75) is 19.9 Å². The molecule has 4 nitrogen and oxygen atoms in total. The average molecular weight is 368 g/mol. The van der Waals surface area contributed by atoms with Gasteiger partial charge in [-0.05, 0) is 44.2 Å². The third-order valence-corrected chi connectivity index (χ3v) is 4.72. The van der Waals surface area contributed by atoms with Crippen LogP contribution in [0, 0.1) is 0 Å². The van der Waals surface area contributed by atoms with Crippen LogP contribution in [0.2, 0.25) is 0 Å². The topological polar surface area (TPSA) is 47.8 Å². The number of ketones is 1. The summed E-state index contributed by atoms with van der Waals surface area (Å²) in [5, 5.41) is 1.00. The van der Waals surface area contributed by atoms with Gasteiger partial charge in [0.05, 0.1) is 22.6 Å². The SMILES string of the molecule is CC(=O)[C@@H](C)n1c2ccc(Br)cc2c2nc3ccccc3nc21. The second kappa shape index (κ2) is 5.13. The molecule has 2 aromatic carbocycles. The molecule has 0 unspecified atom stereocenters. The molecule has 2 aromatic heterocycles. The third-order valence-electron chi connectivity index (χ3n) is 4.23. The third kappa shape index (κ3) is 2.15. The van der Waals surface area contributed by atoms with E-state index in [-0.39, 0.29) is 11.8 Å². The standard InChI is InChI=1S/C18H14BrN3O/c1-10(11(2)23)22-16-8-7-12(19)9-13(16)17-18(22)21-15-6-4-3-5-14(15)20-17/h3-10H,1-2H3/t10-/m1/s1. The van der Waals surface area contributed by atoms with Gasteiger partial charge in [0.15, 0.2) is 11.4 Å². The summed E-state index contributed by atoms with van der Waals surface area (Å²) < 4.78 is 2.97. The molecule has 0 amide bonds. The van der Waals surface area contributed by atoms with Crippen LogP contribution in [0.4, 0.5) is 0 Å². The zero-order valence-corrected chi connectivity index (χ0v) is 14.3. The van der Waals surface area contributed by atoms with Crippen LogP contribution >= 0.6 is 15.9 Å². The number of rotatable bonds is 2. The minimum atomic E-state index is -0.286. The van der Waals surface area contributed by atoms with Crippen LogP contribution in [-0.4, -0.2) is 20.3 Å². The maximum absolute atomic E-state index is 12.0. The predicted octanol–water partition coefficient (Wildman–Crippen LogP) is 4.65. The average Bonchev–Trinajstić information content (AvgIpc) is 2.84. The number of benzene rings is 2.